The number of aryl methyl sites for hydroxylation is 1. The van der Waals surface area contributed by atoms with Gasteiger partial charge in [0.25, 0.3) is 0 Å². The Morgan fingerprint density at radius 2 is 2.18 bits per heavy atom. The monoisotopic (exact) mass is 264 g/mol. The Hall–Kier alpha value is -1.20. The summed E-state index contributed by atoms with van der Waals surface area (Å²) < 4.78 is 1.16. The Bertz CT molecular complexity index is 557. The molecule has 0 bridgehead atoms. The van der Waals surface area contributed by atoms with Gasteiger partial charge in [-0.15, -0.1) is 11.3 Å². The van der Waals surface area contributed by atoms with Gasteiger partial charge in [0.15, 0.2) is 5.13 Å². The van der Waals surface area contributed by atoms with E-state index < -0.39 is 0 Å². The van der Waals surface area contributed by atoms with Crippen LogP contribution in [0.25, 0.3) is 9.53 Å². The van der Waals surface area contributed by atoms with Crippen molar-refractivity contribution in [3.05, 3.63) is 23.1 Å². The molecule has 1 aliphatic rings. The maximum absolute atomic E-state index is 11.9. The van der Waals surface area contributed by atoms with Crippen molar-refractivity contribution in [3.63, 3.8) is 0 Å². The van der Waals surface area contributed by atoms with Gasteiger partial charge in [0.1, 0.15) is 4.83 Å². The van der Waals surface area contributed by atoms with Gasteiger partial charge >= 0.3 is 0 Å². The maximum atomic E-state index is 11.9. The van der Waals surface area contributed by atoms with Gasteiger partial charge in [0.05, 0.1) is 4.70 Å². The standard InChI is InChI=1S/C12H12N2OS2/c1-7-6-9-11(16-7)14-12(17-9)13-10(15)8-4-2-3-5-8/h2-3,6,8H,4-5H2,1H3,(H,13,14,15). The summed E-state index contributed by atoms with van der Waals surface area (Å²) in [5.74, 6) is 0.187. The molecule has 0 aliphatic heterocycles. The molecule has 5 heteroatoms. The molecular formula is C12H12N2OS2. The van der Waals surface area contributed by atoms with Crippen LogP contribution in [0.1, 0.15) is 17.7 Å². The molecule has 0 saturated carbocycles. The SMILES string of the molecule is Cc1cc2sc(NC(=O)C3CC=CC3)nc2s1. The molecule has 17 heavy (non-hydrogen) atoms. The van der Waals surface area contributed by atoms with Crippen LogP contribution >= 0.6 is 22.7 Å². The van der Waals surface area contributed by atoms with Gasteiger partial charge in [-0.05, 0) is 25.8 Å². The van der Waals surface area contributed by atoms with Gasteiger partial charge in [-0.25, -0.2) is 4.98 Å². The van der Waals surface area contributed by atoms with Gasteiger partial charge < -0.3 is 5.32 Å². The highest BCUT2D eigenvalue weighted by Gasteiger charge is 2.20. The molecule has 2 aromatic heterocycles. The first-order valence-electron chi connectivity index (χ1n) is 5.55. The Morgan fingerprint density at radius 3 is 2.88 bits per heavy atom. The molecule has 88 valence electrons. The lowest BCUT2D eigenvalue weighted by Gasteiger charge is -2.07. The molecule has 1 N–H and O–H groups in total. The summed E-state index contributed by atoms with van der Waals surface area (Å²) in [5.41, 5.74) is 0. The molecule has 0 fully saturated rings. The van der Waals surface area contributed by atoms with Crippen LogP contribution < -0.4 is 5.32 Å². The first-order chi connectivity index (χ1) is 8.22. The largest absolute Gasteiger partial charge is 0.302 e. The van der Waals surface area contributed by atoms with E-state index in [1.54, 1.807) is 22.7 Å². The highest BCUT2D eigenvalue weighted by molar-refractivity contribution is 7.29. The van der Waals surface area contributed by atoms with Crippen LogP contribution in [0.5, 0.6) is 0 Å². The lowest BCUT2D eigenvalue weighted by atomic mass is 10.1. The van der Waals surface area contributed by atoms with Crippen LogP contribution in [0, 0.1) is 12.8 Å². The van der Waals surface area contributed by atoms with Gasteiger partial charge in [0, 0.05) is 10.8 Å². The number of amides is 1. The number of carbonyl (C=O) groups excluding carboxylic acids is 1. The van der Waals surface area contributed by atoms with Gasteiger partial charge in [-0.2, -0.15) is 0 Å². The number of rotatable bonds is 2. The fourth-order valence-electron chi connectivity index (χ4n) is 1.94. The van der Waals surface area contributed by atoms with Crippen molar-refractivity contribution < 1.29 is 4.79 Å². The first kappa shape index (κ1) is 10.9. The van der Waals surface area contributed by atoms with Crippen molar-refractivity contribution in [3.8, 4) is 0 Å². The lowest BCUT2D eigenvalue weighted by Crippen LogP contribution is -2.20. The van der Waals surface area contributed by atoms with Crippen molar-refractivity contribution in [2.75, 3.05) is 5.32 Å². The van der Waals surface area contributed by atoms with E-state index in [1.807, 2.05) is 0 Å². The second-order valence-corrected chi connectivity index (χ2v) is 6.44. The molecule has 0 unspecified atom stereocenters. The molecule has 3 rings (SSSR count). The van der Waals surface area contributed by atoms with Gasteiger partial charge in [0.2, 0.25) is 5.91 Å². The highest BCUT2D eigenvalue weighted by atomic mass is 32.1. The van der Waals surface area contributed by atoms with Crippen LogP contribution in [0.3, 0.4) is 0 Å². The topological polar surface area (TPSA) is 42.0 Å². The quantitative estimate of drug-likeness (QED) is 0.842. The smallest absolute Gasteiger partial charge is 0.229 e. The van der Waals surface area contributed by atoms with E-state index in [9.17, 15) is 4.79 Å². The Balaban J connectivity index is 1.75. The molecule has 0 atom stereocenters. The van der Waals surface area contributed by atoms with E-state index in [2.05, 4.69) is 35.4 Å². The predicted octanol–water partition coefficient (Wildman–Crippen LogP) is 3.57. The zero-order valence-corrected chi connectivity index (χ0v) is 11.0. The molecule has 1 amide bonds. The molecule has 2 heterocycles. The molecule has 0 spiro atoms. The molecule has 3 nitrogen and oxygen atoms in total. The summed E-state index contributed by atoms with van der Waals surface area (Å²) in [6.45, 7) is 2.07. The Morgan fingerprint density at radius 1 is 1.41 bits per heavy atom. The Kier molecular flexibility index (Phi) is 2.72. The van der Waals surface area contributed by atoms with Crippen molar-refractivity contribution in [2.24, 2.45) is 5.92 Å². The van der Waals surface area contributed by atoms with Crippen LogP contribution in [-0.2, 0) is 4.79 Å². The number of anilines is 1. The molecule has 2 aromatic rings. The first-order valence-corrected chi connectivity index (χ1v) is 7.18. The van der Waals surface area contributed by atoms with Crippen LogP contribution in [0.2, 0.25) is 0 Å². The summed E-state index contributed by atoms with van der Waals surface area (Å²) in [5, 5.41) is 3.64. The normalized spacial score (nSPS) is 15.8. The third-order valence-corrected chi connectivity index (χ3v) is 4.81. The number of thiophene rings is 1. The van der Waals surface area contributed by atoms with Crippen molar-refractivity contribution in [2.45, 2.75) is 19.8 Å². The number of hydrogen-bond acceptors (Lipinski definition) is 4. The van der Waals surface area contributed by atoms with Crippen LogP contribution in [0.15, 0.2) is 18.2 Å². The third kappa shape index (κ3) is 2.12. The van der Waals surface area contributed by atoms with Crippen LogP contribution in [-0.4, -0.2) is 10.9 Å². The average molecular weight is 264 g/mol. The maximum Gasteiger partial charge on any atom is 0.229 e. The van der Waals surface area contributed by atoms with Gasteiger partial charge in [-0.1, -0.05) is 23.5 Å². The highest BCUT2D eigenvalue weighted by Crippen LogP contribution is 2.32. The number of hydrogen-bond donors (Lipinski definition) is 1. The van der Waals surface area contributed by atoms with E-state index in [-0.39, 0.29) is 11.8 Å². The second-order valence-electron chi connectivity index (χ2n) is 4.17. The molecule has 0 radical (unpaired) electrons. The Labute approximate surface area is 107 Å². The molecule has 1 aliphatic carbocycles. The van der Waals surface area contributed by atoms with Crippen molar-refractivity contribution >= 4 is 43.2 Å². The number of thiazole rings is 1. The molecule has 0 saturated heterocycles. The number of fused-ring (bicyclic) bond motifs is 1. The second kappa shape index (κ2) is 4.23. The van der Waals surface area contributed by atoms with E-state index >= 15 is 0 Å². The minimum atomic E-state index is 0.0909. The summed E-state index contributed by atoms with van der Waals surface area (Å²) in [6.07, 6.45) is 5.83. The van der Waals surface area contributed by atoms with E-state index in [4.69, 9.17) is 0 Å². The zero-order chi connectivity index (χ0) is 11.8. The lowest BCUT2D eigenvalue weighted by molar-refractivity contribution is -0.119. The number of carbonyl (C=O) groups is 1. The fraction of sp³-hybridized carbons (Fsp3) is 0.333. The summed E-state index contributed by atoms with van der Waals surface area (Å²) in [4.78, 5) is 18.6. The third-order valence-electron chi connectivity index (χ3n) is 2.82. The number of nitrogens with one attached hydrogen (secondary N) is 1. The predicted molar refractivity (Wildman–Crippen MR) is 72.7 cm³/mol. The van der Waals surface area contributed by atoms with E-state index in [0.29, 0.717) is 0 Å². The van der Waals surface area contributed by atoms with E-state index in [0.717, 1.165) is 27.5 Å². The van der Waals surface area contributed by atoms with E-state index in [1.165, 1.54) is 4.88 Å². The molecular weight excluding hydrogens is 252 g/mol. The summed E-state index contributed by atoms with van der Waals surface area (Å²) in [6, 6.07) is 2.12. The van der Waals surface area contributed by atoms with Crippen molar-refractivity contribution in [1.82, 2.24) is 4.98 Å². The minimum absolute atomic E-state index is 0.0909. The number of aromatic nitrogens is 1. The summed E-state index contributed by atoms with van der Waals surface area (Å²) >= 11 is 3.22. The number of allylic oxidation sites excluding steroid dienone is 2. The fourth-order valence-corrected chi connectivity index (χ4v) is 3.97. The average Bonchev–Trinajstić information content (AvgIpc) is 2.91. The number of nitrogens with zero attached hydrogens (tertiary/aromatic N) is 1. The van der Waals surface area contributed by atoms with Crippen LogP contribution in [0.4, 0.5) is 5.13 Å². The van der Waals surface area contributed by atoms with Gasteiger partial charge in [-0.3, -0.25) is 4.79 Å². The summed E-state index contributed by atoms with van der Waals surface area (Å²) in [7, 11) is 0. The minimum Gasteiger partial charge on any atom is -0.302 e. The van der Waals surface area contributed by atoms with Crippen molar-refractivity contribution in [1.29, 1.82) is 0 Å². The molecule has 0 aromatic carbocycles. The zero-order valence-electron chi connectivity index (χ0n) is 9.40.